The van der Waals surface area contributed by atoms with Crippen LogP contribution < -0.4 is 4.83 Å². The van der Waals surface area contributed by atoms with Crippen LogP contribution in [-0.2, 0) is 10.0 Å². The molecule has 0 amide bonds. The van der Waals surface area contributed by atoms with Gasteiger partial charge in [0.2, 0.25) is 0 Å². The molecular weight excluding hydrogens is 322 g/mol. The van der Waals surface area contributed by atoms with Crippen molar-refractivity contribution >= 4 is 15.9 Å². The van der Waals surface area contributed by atoms with Crippen LogP contribution in [-0.4, -0.2) is 32.2 Å². The number of rotatable bonds is 6. The van der Waals surface area contributed by atoms with Crippen LogP contribution in [0, 0.1) is 6.92 Å². The van der Waals surface area contributed by atoms with Crippen LogP contribution >= 0.6 is 0 Å². The second-order valence-corrected chi connectivity index (χ2v) is 7.04. The first kappa shape index (κ1) is 18.0. The van der Waals surface area contributed by atoms with Gasteiger partial charge < -0.3 is 4.90 Å². The van der Waals surface area contributed by atoms with Crippen molar-refractivity contribution in [1.82, 2.24) is 9.73 Å². The van der Waals surface area contributed by atoms with Crippen molar-refractivity contribution in [1.29, 1.82) is 0 Å². The van der Waals surface area contributed by atoms with Gasteiger partial charge in [0.25, 0.3) is 10.0 Å². The molecule has 0 saturated carbocycles. The number of sulfonamides is 1. The minimum absolute atomic E-state index is 0.198. The molecule has 0 aromatic heterocycles. The second kappa shape index (κ2) is 7.97. The maximum Gasteiger partial charge on any atom is 0.276 e. The first-order chi connectivity index (χ1) is 11.5. The fourth-order valence-electron chi connectivity index (χ4n) is 2.30. The van der Waals surface area contributed by atoms with E-state index in [4.69, 9.17) is 0 Å². The summed E-state index contributed by atoms with van der Waals surface area (Å²) in [6, 6.07) is 16.2. The molecule has 0 aliphatic carbocycles. The van der Waals surface area contributed by atoms with Gasteiger partial charge in [0.05, 0.1) is 4.90 Å². The molecule has 0 atom stereocenters. The van der Waals surface area contributed by atoms with Gasteiger partial charge in [-0.25, -0.2) is 0 Å². The number of aryl methyl sites for hydroxylation is 1. The Balaban J connectivity index is 2.34. The van der Waals surface area contributed by atoms with Crippen LogP contribution in [0.15, 0.2) is 64.6 Å². The minimum Gasteiger partial charge on any atom is -0.355 e. The summed E-state index contributed by atoms with van der Waals surface area (Å²) >= 11 is 0. The van der Waals surface area contributed by atoms with Crippen LogP contribution in [0.2, 0.25) is 0 Å². The first-order valence-corrected chi connectivity index (χ1v) is 9.42. The monoisotopic (exact) mass is 345 g/mol. The number of hydrogen-bond donors (Lipinski definition) is 1. The number of benzene rings is 2. The summed E-state index contributed by atoms with van der Waals surface area (Å²) in [5.74, 6) is 0.608. The Hall–Kier alpha value is -2.34. The predicted octanol–water partition coefficient (Wildman–Crippen LogP) is 2.98. The zero-order valence-electron chi connectivity index (χ0n) is 14.2. The lowest BCUT2D eigenvalue weighted by Crippen LogP contribution is -2.34. The normalized spacial score (nSPS) is 12.0. The molecule has 0 aliphatic rings. The molecule has 0 aliphatic heterocycles. The van der Waals surface area contributed by atoms with Gasteiger partial charge in [0.1, 0.15) is 0 Å². The number of hydrogen-bond acceptors (Lipinski definition) is 3. The van der Waals surface area contributed by atoms with E-state index in [1.165, 1.54) is 0 Å². The fourth-order valence-corrected chi connectivity index (χ4v) is 3.11. The van der Waals surface area contributed by atoms with E-state index < -0.39 is 10.0 Å². The summed E-state index contributed by atoms with van der Waals surface area (Å²) < 4.78 is 24.9. The molecule has 0 saturated heterocycles. The quantitative estimate of drug-likeness (QED) is 0.497. The maximum atomic E-state index is 12.4. The van der Waals surface area contributed by atoms with Gasteiger partial charge in [0.15, 0.2) is 5.84 Å². The SMILES string of the molecule is CCN(CC)/C(=N\NS(=O)(=O)c1ccc(C)cc1)c1ccccc1. The third kappa shape index (κ3) is 4.35. The summed E-state index contributed by atoms with van der Waals surface area (Å²) in [5.41, 5.74) is 1.87. The Morgan fingerprint density at radius 1 is 1.00 bits per heavy atom. The lowest BCUT2D eigenvalue weighted by atomic mass is 10.2. The molecule has 0 bridgehead atoms. The third-order valence-electron chi connectivity index (χ3n) is 3.70. The largest absolute Gasteiger partial charge is 0.355 e. The molecule has 2 aromatic carbocycles. The van der Waals surface area contributed by atoms with E-state index in [1.807, 2.05) is 56.0 Å². The van der Waals surface area contributed by atoms with Crippen LogP contribution in [0.3, 0.4) is 0 Å². The summed E-state index contributed by atoms with van der Waals surface area (Å²) in [7, 11) is -3.69. The van der Waals surface area contributed by atoms with Gasteiger partial charge in [-0.2, -0.15) is 13.2 Å². The minimum atomic E-state index is -3.69. The topological polar surface area (TPSA) is 61.8 Å². The average Bonchev–Trinajstić information content (AvgIpc) is 2.59. The number of amidine groups is 1. The Labute approximate surface area is 144 Å². The van der Waals surface area contributed by atoms with Crippen LogP contribution in [0.4, 0.5) is 0 Å². The lowest BCUT2D eigenvalue weighted by Gasteiger charge is -2.23. The smallest absolute Gasteiger partial charge is 0.276 e. The van der Waals surface area contributed by atoms with Crippen LogP contribution in [0.25, 0.3) is 0 Å². The molecule has 2 rings (SSSR count). The maximum absolute atomic E-state index is 12.4. The average molecular weight is 345 g/mol. The summed E-state index contributed by atoms with van der Waals surface area (Å²) in [6.45, 7) is 7.40. The van der Waals surface area contributed by atoms with E-state index >= 15 is 0 Å². The van der Waals surface area contributed by atoms with E-state index in [2.05, 4.69) is 9.93 Å². The van der Waals surface area contributed by atoms with Crippen LogP contribution in [0.1, 0.15) is 25.0 Å². The number of nitrogens with zero attached hydrogens (tertiary/aromatic N) is 2. The van der Waals surface area contributed by atoms with Gasteiger partial charge in [-0.15, -0.1) is 5.10 Å². The van der Waals surface area contributed by atoms with Crippen molar-refractivity contribution < 1.29 is 8.42 Å². The molecule has 0 unspecified atom stereocenters. The van der Waals surface area contributed by atoms with Crippen molar-refractivity contribution in [3.8, 4) is 0 Å². The Kier molecular flexibility index (Phi) is 5.98. The highest BCUT2D eigenvalue weighted by atomic mass is 32.2. The molecule has 24 heavy (non-hydrogen) atoms. The number of hydrazone groups is 1. The van der Waals surface area contributed by atoms with Crippen molar-refractivity contribution in [2.24, 2.45) is 5.10 Å². The molecule has 0 fully saturated rings. The Morgan fingerprint density at radius 2 is 1.58 bits per heavy atom. The van der Waals surface area contributed by atoms with E-state index in [1.54, 1.807) is 24.3 Å². The summed E-state index contributed by atoms with van der Waals surface area (Å²) in [4.78, 5) is 4.57. The molecule has 0 heterocycles. The van der Waals surface area contributed by atoms with Gasteiger partial charge >= 0.3 is 0 Å². The Morgan fingerprint density at radius 3 is 2.12 bits per heavy atom. The highest BCUT2D eigenvalue weighted by molar-refractivity contribution is 7.89. The summed E-state index contributed by atoms with van der Waals surface area (Å²) in [5, 5.41) is 4.21. The predicted molar refractivity (Wildman–Crippen MR) is 97.4 cm³/mol. The van der Waals surface area contributed by atoms with Crippen molar-refractivity contribution in [3.05, 3.63) is 65.7 Å². The highest BCUT2D eigenvalue weighted by Crippen LogP contribution is 2.11. The van der Waals surface area contributed by atoms with Gasteiger partial charge in [-0.3, -0.25) is 0 Å². The molecular formula is C18H23N3O2S. The first-order valence-electron chi connectivity index (χ1n) is 7.94. The Bertz CT molecular complexity index is 781. The zero-order chi connectivity index (χ0) is 17.6. The molecule has 5 nitrogen and oxygen atoms in total. The van der Waals surface area contributed by atoms with Crippen molar-refractivity contribution in [2.75, 3.05) is 13.1 Å². The second-order valence-electron chi connectivity index (χ2n) is 5.38. The van der Waals surface area contributed by atoms with E-state index in [9.17, 15) is 8.42 Å². The summed E-state index contributed by atoms with van der Waals surface area (Å²) in [6.07, 6.45) is 0. The number of nitrogens with one attached hydrogen (secondary N) is 1. The standard InChI is InChI=1S/C18H23N3O2S/c1-4-21(5-2)18(16-9-7-6-8-10-16)19-20-24(22,23)17-13-11-15(3)12-14-17/h6-14,20H,4-5H2,1-3H3/b19-18-. The van der Waals surface area contributed by atoms with E-state index in [0.29, 0.717) is 5.84 Å². The van der Waals surface area contributed by atoms with Crippen molar-refractivity contribution in [3.63, 3.8) is 0 Å². The van der Waals surface area contributed by atoms with E-state index in [-0.39, 0.29) is 4.90 Å². The van der Waals surface area contributed by atoms with Gasteiger partial charge in [-0.1, -0.05) is 48.0 Å². The zero-order valence-corrected chi connectivity index (χ0v) is 15.0. The molecule has 128 valence electrons. The molecule has 0 spiro atoms. The van der Waals surface area contributed by atoms with Crippen molar-refractivity contribution in [2.45, 2.75) is 25.7 Å². The van der Waals surface area contributed by atoms with E-state index in [0.717, 1.165) is 24.2 Å². The lowest BCUT2D eigenvalue weighted by molar-refractivity contribution is 0.463. The van der Waals surface area contributed by atoms with Gasteiger partial charge in [0, 0.05) is 18.7 Å². The molecule has 1 N–H and O–H groups in total. The molecule has 6 heteroatoms. The fraction of sp³-hybridized carbons (Fsp3) is 0.278. The highest BCUT2D eigenvalue weighted by Gasteiger charge is 2.15. The van der Waals surface area contributed by atoms with Crippen LogP contribution in [0.5, 0.6) is 0 Å². The molecule has 0 radical (unpaired) electrons. The molecule has 2 aromatic rings. The van der Waals surface area contributed by atoms with Gasteiger partial charge in [-0.05, 0) is 32.9 Å². The third-order valence-corrected chi connectivity index (χ3v) is 4.92.